The predicted octanol–water partition coefficient (Wildman–Crippen LogP) is 2.94. The fourth-order valence-corrected chi connectivity index (χ4v) is 5.37. The molecule has 1 saturated heterocycles. The minimum Gasteiger partial charge on any atom is -0.337 e. The molecule has 7 heteroatoms. The summed E-state index contributed by atoms with van der Waals surface area (Å²) < 4.78 is 2.09. The molecule has 5 rings (SSSR count). The van der Waals surface area contributed by atoms with Gasteiger partial charge in [-0.15, -0.1) is 21.5 Å². The van der Waals surface area contributed by atoms with Gasteiger partial charge >= 0.3 is 0 Å². The maximum atomic E-state index is 13.0. The number of nitrogens with zero attached hydrogens (tertiary/aromatic N) is 5. The van der Waals surface area contributed by atoms with Crippen molar-refractivity contribution in [3.63, 3.8) is 0 Å². The van der Waals surface area contributed by atoms with E-state index in [0.29, 0.717) is 0 Å². The van der Waals surface area contributed by atoms with Crippen LogP contribution in [0, 0.1) is 6.92 Å². The van der Waals surface area contributed by atoms with Gasteiger partial charge in [-0.05, 0) is 56.4 Å². The Morgan fingerprint density at radius 1 is 1.07 bits per heavy atom. The lowest BCUT2D eigenvalue weighted by Crippen LogP contribution is -2.49. The molecule has 1 aliphatic carbocycles. The van der Waals surface area contributed by atoms with E-state index in [1.807, 2.05) is 17.0 Å². The summed E-state index contributed by atoms with van der Waals surface area (Å²) in [6.07, 6.45) is 4.78. The molecule has 0 bridgehead atoms. The number of aryl methyl sites for hydroxylation is 3. The van der Waals surface area contributed by atoms with Crippen molar-refractivity contribution in [2.75, 3.05) is 31.1 Å². The molecule has 0 saturated carbocycles. The third-order valence-electron chi connectivity index (χ3n) is 5.66. The van der Waals surface area contributed by atoms with Crippen LogP contribution in [0.25, 0.3) is 5.65 Å². The predicted molar refractivity (Wildman–Crippen MR) is 107 cm³/mol. The summed E-state index contributed by atoms with van der Waals surface area (Å²) >= 11 is 1.71. The number of hydrogen-bond donors (Lipinski definition) is 0. The zero-order valence-electron chi connectivity index (χ0n) is 15.5. The Morgan fingerprint density at radius 3 is 2.70 bits per heavy atom. The van der Waals surface area contributed by atoms with Gasteiger partial charge in [-0.1, -0.05) is 6.07 Å². The van der Waals surface area contributed by atoms with Crippen molar-refractivity contribution < 1.29 is 4.79 Å². The number of carbonyl (C=O) groups excluding carboxylic acids is 1. The van der Waals surface area contributed by atoms with Gasteiger partial charge < -0.3 is 9.80 Å². The van der Waals surface area contributed by atoms with Crippen LogP contribution in [0.3, 0.4) is 0 Å². The van der Waals surface area contributed by atoms with Crippen molar-refractivity contribution in [1.82, 2.24) is 19.5 Å². The molecule has 140 valence electrons. The molecule has 27 heavy (non-hydrogen) atoms. The third kappa shape index (κ3) is 2.90. The Balaban J connectivity index is 1.31. The SMILES string of the molecule is Cc1cccc2nnc(N3CCN(C(=O)c4cc5c(s4)CCCC5)CC3)n12. The highest BCUT2D eigenvalue weighted by Crippen LogP contribution is 2.30. The molecule has 0 atom stereocenters. The van der Waals surface area contributed by atoms with Crippen molar-refractivity contribution in [3.8, 4) is 0 Å². The van der Waals surface area contributed by atoms with Gasteiger partial charge in [-0.2, -0.15) is 0 Å². The summed E-state index contributed by atoms with van der Waals surface area (Å²) in [5, 5.41) is 8.68. The molecule has 0 radical (unpaired) electrons. The second kappa shape index (κ2) is 6.64. The Morgan fingerprint density at radius 2 is 1.89 bits per heavy atom. The lowest BCUT2D eigenvalue weighted by molar-refractivity contribution is 0.0751. The van der Waals surface area contributed by atoms with Crippen LogP contribution in [-0.2, 0) is 12.8 Å². The number of pyridine rings is 1. The van der Waals surface area contributed by atoms with Gasteiger partial charge in [0.1, 0.15) is 0 Å². The maximum Gasteiger partial charge on any atom is 0.264 e. The van der Waals surface area contributed by atoms with E-state index in [0.717, 1.165) is 61.2 Å². The minimum atomic E-state index is 0.191. The average Bonchev–Trinajstić information content (AvgIpc) is 3.32. The van der Waals surface area contributed by atoms with Crippen LogP contribution in [0.2, 0.25) is 0 Å². The van der Waals surface area contributed by atoms with Gasteiger partial charge in [0.2, 0.25) is 5.95 Å². The number of carbonyl (C=O) groups is 1. The molecule has 3 aromatic heterocycles. The first kappa shape index (κ1) is 16.7. The molecule has 0 aromatic carbocycles. The van der Waals surface area contributed by atoms with Crippen molar-refractivity contribution >= 4 is 28.8 Å². The van der Waals surface area contributed by atoms with Crippen LogP contribution < -0.4 is 4.90 Å². The Labute approximate surface area is 162 Å². The maximum absolute atomic E-state index is 13.0. The number of aromatic nitrogens is 3. The van der Waals surface area contributed by atoms with Crippen LogP contribution in [-0.4, -0.2) is 51.6 Å². The largest absolute Gasteiger partial charge is 0.337 e. The molecule has 4 heterocycles. The molecule has 6 nitrogen and oxygen atoms in total. The van der Waals surface area contributed by atoms with E-state index in [9.17, 15) is 4.79 Å². The Hall–Kier alpha value is -2.41. The molecular formula is C20H23N5OS. The van der Waals surface area contributed by atoms with Gasteiger partial charge in [0.25, 0.3) is 5.91 Å². The lowest BCUT2D eigenvalue weighted by atomic mass is 9.99. The van der Waals surface area contributed by atoms with E-state index in [2.05, 4.69) is 38.6 Å². The summed E-state index contributed by atoms with van der Waals surface area (Å²) in [5.41, 5.74) is 3.39. The van der Waals surface area contributed by atoms with Crippen LogP contribution in [0.1, 0.15) is 38.6 Å². The topological polar surface area (TPSA) is 53.7 Å². The Kier molecular flexibility index (Phi) is 4.11. The van der Waals surface area contributed by atoms with Crippen LogP contribution in [0.15, 0.2) is 24.3 Å². The number of fused-ring (bicyclic) bond motifs is 2. The van der Waals surface area contributed by atoms with Gasteiger partial charge in [0.15, 0.2) is 5.65 Å². The standard InChI is InChI=1S/C20H23N5OS/c1-14-5-4-8-18-21-22-20(25(14)18)24-11-9-23(10-12-24)19(26)17-13-15-6-2-3-7-16(15)27-17/h4-5,8,13H,2-3,6-7,9-12H2,1H3. The van der Waals surface area contributed by atoms with Gasteiger partial charge in [0, 0.05) is 36.8 Å². The number of thiophene rings is 1. The highest BCUT2D eigenvalue weighted by Gasteiger charge is 2.27. The zero-order chi connectivity index (χ0) is 18.4. The number of amides is 1. The van der Waals surface area contributed by atoms with E-state index in [-0.39, 0.29) is 5.91 Å². The molecule has 0 unspecified atom stereocenters. The second-order valence-electron chi connectivity index (χ2n) is 7.41. The highest BCUT2D eigenvalue weighted by molar-refractivity contribution is 7.14. The first-order valence-electron chi connectivity index (χ1n) is 9.67. The first-order chi connectivity index (χ1) is 13.2. The van der Waals surface area contributed by atoms with Crippen LogP contribution in [0.5, 0.6) is 0 Å². The number of piperazine rings is 1. The monoisotopic (exact) mass is 381 g/mol. The highest BCUT2D eigenvalue weighted by atomic mass is 32.1. The number of rotatable bonds is 2. The lowest BCUT2D eigenvalue weighted by Gasteiger charge is -2.34. The molecule has 1 aliphatic heterocycles. The summed E-state index contributed by atoms with van der Waals surface area (Å²) in [6, 6.07) is 8.18. The number of hydrogen-bond acceptors (Lipinski definition) is 5. The first-order valence-corrected chi connectivity index (χ1v) is 10.5. The molecule has 2 aliphatic rings. The van der Waals surface area contributed by atoms with E-state index in [1.165, 1.54) is 23.3 Å². The smallest absolute Gasteiger partial charge is 0.264 e. The Bertz CT molecular complexity index is 976. The summed E-state index contributed by atoms with van der Waals surface area (Å²) in [7, 11) is 0. The third-order valence-corrected chi connectivity index (χ3v) is 6.89. The summed E-state index contributed by atoms with van der Waals surface area (Å²) in [6.45, 7) is 5.08. The molecule has 1 fully saturated rings. The molecule has 0 spiro atoms. The van der Waals surface area contributed by atoms with Crippen molar-refractivity contribution in [3.05, 3.63) is 45.3 Å². The average molecular weight is 382 g/mol. The fraction of sp³-hybridized carbons (Fsp3) is 0.450. The summed E-state index contributed by atoms with van der Waals surface area (Å²) in [4.78, 5) is 19.5. The fourth-order valence-electron chi connectivity index (χ4n) is 4.15. The van der Waals surface area contributed by atoms with Crippen molar-refractivity contribution in [2.24, 2.45) is 0 Å². The molecule has 1 amide bonds. The van der Waals surface area contributed by atoms with E-state index in [1.54, 1.807) is 11.3 Å². The van der Waals surface area contributed by atoms with Gasteiger partial charge in [-0.25, -0.2) is 0 Å². The van der Waals surface area contributed by atoms with E-state index in [4.69, 9.17) is 0 Å². The van der Waals surface area contributed by atoms with Crippen LogP contribution in [0.4, 0.5) is 5.95 Å². The quantitative estimate of drug-likeness (QED) is 0.685. The van der Waals surface area contributed by atoms with E-state index >= 15 is 0 Å². The van der Waals surface area contributed by atoms with Crippen LogP contribution >= 0.6 is 11.3 Å². The number of anilines is 1. The van der Waals surface area contributed by atoms with Gasteiger partial charge in [-0.3, -0.25) is 9.20 Å². The second-order valence-corrected chi connectivity index (χ2v) is 8.54. The van der Waals surface area contributed by atoms with Gasteiger partial charge in [0.05, 0.1) is 4.88 Å². The molecule has 0 N–H and O–H groups in total. The van der Waals surface area contributed by atoms with E-state index < -0.39 is 0 Å². The zero-order valence-corrected chi connectivity index (χ0v) is 16.3. The molecular weight excluding hydrogens is 358 g/mol. The van der Waals surface area contributed by atoms with Crippen molar-refractivity contribution in [2.45, 2.75) is 32.6 Å². The normalized spacial score (nSPS) is 17.4. The summed E-state index contributed by atoms with van der Waals surface area (Å²) in [5.74, 6) is 1.07. The minimum absolute atomic E-state index is 0.191. The van der Waals surface area contributed by atoms with Crippen molar-refractivity contribution in [1.29, 1.82) is 0 Å². The molecule has 3 aromatic rings.